The first kappa shape index (κ1) is 12.4. The molecular weight excluding hydrogens is 235 g/mol. The van der Waals surface area contributed by atoms with Crippen molar-refractivity contribution in [1.29, 1.82) is 0 Å². The molecule has 1 heterocycles. The van der Waals surface area contributed by atoms with Gasteiger partial charge < -0.3 is 9.52 Å². The van der Waals surface area contributed by atoms with E-state index in [1.807, 2.05) is 0 Å². The highest BCUT2D eigenvalue weighted by Gasteiger charge is 2.19. The van der Waals surface area contributed by atoms with E-state index in [0.717, 1.165) is 5.56 Å². The van der Waals surface area contributed by atoms with Crippen LogP contribution >= 0.6 is 0 Å². The molecule has 4 heteroatoms. The number of halogens is 1. The van der Waals surface area contributed by atoms with Gasteiger partial charge in [-0.05, 0) is 36.2 Å². The Morgan fingerprint density at radius 2 is 1.94 bits per heavy atom. The number of carbonyl (C=O) groups is 1. The van der Waals surface area contributed by atoms with Crippen LogP contribution in [0.3, 0.4) is 0 Å². The van der Waals surface area contributed by atoms with Gasteiger partial charge in [0.2, 0.25) is 0 Å². The quantitative estimate of drug-likeness (QED) is 0.885. The summed E-state index contributed by atoms with van der Waals surface area (Å²) in [4.78, 5) is 11.2. The summed E-state index contributed by atoms with van der Waals surface area (Å²) >= 11 is 0. The topological polar surface area (TPSA) is 50.4 Å². The molecule has 0 aliphatic heterocycles. The van der Waals surface area contributed by atoms with Crippen molar-refractivity contribution in [2.24, 2.45) is 5.92 Å². The van der Waals surface area contributed by atoms with Crippen LogP contribution in [0.5, 0.6) is 0 Å². The molecule has 0 saturated heterocycles. The maximum atomic E-state index is 12.8. The van der Waals surface area contributed by atoms with Gasteiger partial charge in [0, 0.05) is 6.42 Å². The van der Waals surface area contributed by atoms with Crippen LogP contribution in [0.1, 0.15) is 11.3 Å². The molecule has 0 aliphatic rings. The van der Waals surface area contributed by atoms with Crippen molar-refractivity contribution in [1.82, 2.24) is 0 Å². The fraction of sp³-hybridized carbons (Fsp3) is 0.214. The first-order chi connectivity index (χ1) is 8.65. The van der Waals surface area contributed by atoms with Gasteiger partial charge in [0.25, 0.3) is 0 Å². The Balaban J connectivity index is 2.06. The summed E-state index contributed by atoms with van der Waals surface area (Å²) in [6.07, 6.45) is 2.21. The largest absolute Gasteiger partial charge is 0.481 e. The molecule has 0 radical (unpaired) electrons. The van der Waals surface area contributed by atoms with Gasteiger partial charge in [-0.25, -0.2) is 4.39 Å². The molecule has 0 bridgehead atoms. The van der Waals surface area contributed by atoms with Gasteiger partial charge in [-0.1, -0.05) is 12.1 Å². The van der Waals surface area contributed by atoms with Crippen LogP contribution in [0, 0.1) is 11.7 Å². The van der Waals surface area contributed by atoms with E-state index in [9.17, 15) is 14.3 Å². The molecule has 1 atom stereocenters. The van der Waals surface area contributed by atoms with Crippen molar-refractivity contribution in [3.05, 3.63) is 59.8 Å². The number of rotatable bonds is 5. The second-order valence-electron chi connectivity index (χ2n) is 4.15. The van der Waals surface area contributed by atoms with Gasteiger partial charge in [-0.2, -0.15) is 0 Å². The summed E-state index contributed by atoms with van der Waals surface area (Å²) in [5.41, 5.74) is 0.801. The first-order valence-electron chi connectivity index (χ1n) is 5.65. The number of hydrogen-bond acceptors (Lipinski definition) is 2. The second kappa shape index (κ2) is 5.49. The maximum Gasteiger partial charge on any atom is 0.307 e. The van der Waals surface area contributed by atoms with Crippen LogP contribution < -0.4 is 0 Å². The zero-order valence-electron chi connectivity index (χ0n) is 9.67. The SMILES string of the molecule is O=C(O)C(Cc1ccc(F)cc1)Cc1ccco1. The second-order valence-corrected chi connectivity index (χ2v) is 4.15. The Morgan fingerprint density at radius 3 is 2.50 bits per heavy atom. The van der Waals surface area contributed by atoms with Gasteiger partial charge in [0.05, 0.1) is 12.2 Å². The molecule has 0 fully saturated rings. The third-order valence-corrected chi connectivity index (χ3v) is 2.77. The van der Waals surface area contributed by atoms with Gasteiger partial charge in [0.15, 0.2) is 0 Å². The average Bonchev–Trinajstić information content (AvgIpc) is 2.84. The van der Waals surface area contributed by atoms with Crippen LogP contribution in [-0.2, 0) is 17.6 Å². The molecule has 3 nitrogen and oxygen atoms in total. The molecule has 0 spiro atoms. The smallest absolute Gasteiger partial charge is 0.307 e. The zero-order valence-corrected chi connectivity index (χ0v) is 9.67. The lowest BCUT2D eigenvalue weighted by molar-refractivity contribution is -0.141. The Morgan fingerprint density at radius 1 is 1.22 bits per heavy atom. The fourth-order valence-corrected chi connectivity index (χ4v) is 1.82. The molecular formula is C14H13FO3. The molecule has 0 aliphatic carbocycles. The minimum atomic E-state index is -0.879. The van der Waals surface area contributed by atoms with E-state index in [-0.39, 0.29) is 5.82 Å². The molecule has 2 rings (SSSR count). The van der Waals surface area contributed by atoms with Gasteiger partial charge in [-0.15, -0.1) is 0 Å². The summed E-state index contributed by atoms with van der Waals surface area (Å²) in [7, 11) is 0. The maximum absolute atomic E-state index is 12.8. The lowest BCUT2D eigenvalue weighted by Gasteiger charge is -2.10. The molecule has 18 heavy (non-hydrogen) atoms. The lowest BCUT2D eigenvalue weighted by atomic mass is 9.95. The Labute approximate surface area is 104 Å². The van der Waals surface area contributed by atoms with Crippen molar-refractivity contribution in [3.63, 3.8) is 0 Å². The van der Waals surface area contributed by atoms with Gasteiger partial charge in [-0.3, -0.25) is 4.79 Å². The monoisotopic (exact) mass is 248 g/mol. The summed E-state index contributed by atoms with van der Waals surface area (Å²) in [5, 5.41) is 9.17. The molecule has 0 saturated carbocycles. The summed E-state index contributed by atoms with van der Waals surface area (Å²) in [5.74, 6) is -1.13. The molecule has 2 aromatic rings. The normalized spacial score (nSPS) is 12.3. The Hall–Kier alpha value is -2.10. The van der Waals surface area contributed by atoms with E-state index in [0.29, 0.717) is 18.6 Å². The fourth-order valence-electron chi connectivity index (χ4n) is 1.82. The number of benzene rings is 1. The Kier molecular flexibility index (Phi) is 3.77. The molecule has 1 unspecified atom stereocenters. The average molecular weight is 248 g/mol. The van der Waals surface area contributed by atoms with Crippen molar-refractivity contribution in [3.8, 4) is 0 Å². The lowest BCUT2D eigenvalue weighted by Crippen LogP contribution is -2.18. The predicted molar refractivity (Wildman–Crippen MR) is 63.6 cm³/mol. The highest BCUT2D eigenvalue weighted by Crippen LogP contribution is 2.16. The molecule has 0 amide bonds. The van der Waals surface area contributed by atoms with E-state index in [2.05, 4.69) is 0 Å². The number of hydrogen-bond donors (Lipinski definition) is 1. The van der Waals surface area contributed by atoms with E-state index < -0.39 is 11.9 Å². The van der Waals surface area contributed by atoms with Crippen LogP contribution in [0.15, 0.2) is 47.1 Å². The number of furan rings is 1. The highest BCUT2D eigenvalue weighted by atomic mass is 19.1. The minimum absolute atomic E-state index is 0.323. The van der Waals surface area contributed by atoms with Crippen LogP contribution in [0.25, 0.3) is 0 Å². The van der Waals surface area contributed by atoms with E-state index in [1.165, 1.54) is 18.4 Å². The third kappa shape index (κ3) is 3.20. The Bertz CT molecular complexity index is 502. The van der Waals surface area contributed by atoms with Gasteiger partial charge >= 0.3 is 5.97 Å². The van der Waals surface area contributed by atoms with Crippen LogP contribution in [0.2, 0.25) is 0 Å². The summed E-state index contributed by atoms with van der Waals surface area (Å²) < 4.78 is 17.9. The summed E-state index contributed by atoms with van der Waals surface area (Å²) in [6, 6.07) is 9.36. The van der Waals surface area contributed by atoms with E-state index >= 15 is 0 Å². The van der Waals surface area contributed by atoms with Crippen molar-refractivity contribution >= 4 is 5.97 Å². The van der Waals surface area contributed by atoms with Crippen molar-refractivity contribution in [2.75, 3.05) is 0 Å². The third-order valence-electron chi connectivity index (χ3n) is 2.77. The first-order valence-corrected chi connectivity index (χ1v) is 5.65. The minimum Gasteiger partial charge on any atom is -0.481 e. The van der Waals surface area contributed by atoms with Crippen molar-refractivity contribution < 1.29 is 18.7 Å². The molecule has 1 aromatic carbocycles. The van der Waals surface area contributed by atoms with Crippen molar-refractivity contribution in [2.45, 2.75) is 12.8 Å². The number of carboxylic acid groups (broad SMARTS) is 1. The molecule has 1 aromatic heterocycles. The number of aliphatic carboxylic acids is 1. The molecule has 94 valence electrons. The zero-order chi connectivity index (χ0) is 13.0. The predicted octanol–water partition coefficient (Wildman–Crippen LogP) is 2.90. The van der Waals surface area contributed by atoms with Crippen LogP contribution in [-0.4, -0.2) is 11.1 Å². The van der Waals surface area contributed by atoms with E-state index in [4.69, 9.17) is 4.42 Å². The summed E-state index contributed by atoms with van der Waals surface area (Å²) in [6.45, 7) is 0. The highest BCUT2D eigenvalue weighted by molar-refractivity contribution is 5.70. The van der Waals surface area contributed by atoms with E-state index in [1.54, 1.807) is 24.3 Å². The molecule has 1 N–H and O–H groups in total. The van der Waals surface area contributed by atoms with Crippen LogP contribution in [0.4, 0.5) is 4.39 Å². The number of carboxylic acids is 1. The van der Waals surface area contributed by atoms with Gasteiger partial charge in [0.1, 0.15) is 11.6 Å². The standard InChI is InChI=1S/C14H13FO3/c15-12-5-3-10(4-6-12)8-11(14(16)17)9-13-2-1-7-18-13/h1-7,11H,8-9H2,(H,16,17).